The summed E-state index contributed by atoms with van der Waals surface area (Å²) in [5.74, 6) is -0.677. The molecule has 0 saturated carbocycles. The second-order valence-corrected chi connectivity index (χ2v) is 9.04. The monoisotopic (exact) mass is 454 g/mol. The largest absolute Gasteiger partial charge is 0.338 e. The molecule has 2 N–H and O–H groups in total. The van der Waals surface area contributed by atoms with Gasteiger partial charge in [0, 0.05) is 35.2 Å². The summed E-state index contributed by atoms with van der Waals surface area (Å²) in [5.41, 5.74) is 1.36. The number of fused-ring (bicyclic) bond motifs is 1. The highest BCUT2D eigenvalue weighted by Gasteiger charge is 2.19. The van der Waals surface area contributed by atoms with E-state index in [1.807, 2.05) is 0 Å². The Morgan fingerprint density at radius 1 is 1.12 bits per heavy atom. The Bertz CT molecular complexity index is 1500. The molecule has 0 atom stereocenters. The number of aromatic nitrogens is 2. The van der Waals surface area contributed by atoms with E-state index in [4.69, 9.17) is 0 Å². The number of nitro benzene ring substituents is 1. The van der Waals surface area contributed by atoms with Crippen molar-refractivity contribution >= 4 is 38.2 Å². The van der Waals surface area contributed by atoms with Gasteiger partial charge in [0.1, 0.15) is 11.6 Å². The van der Waals surface area contributed by atoms with Crippen LogP contribution in [0.15, 0.2) is 65.6 Å². The van der Waals surface area contributed by atoms with Crippen molar-refractivity contribution in [2.24, 2.45) is 0 Å². The topological polar surface area (TPSA) is 135 Å². The molecule has 1 amide bonds. The van der Waals surface area contributed by atoms with Gasteiger partial charge in [-0.25, -0.2) is 17.8 Å². The summed E-state index contributed by atoms with van der Waals surface area (Å²) in [6.45, 7) is 0. The molecule has 32 heavy (non-hydrogen) atoms. The van der Waals surface area contributed by atoms with E-state index in [-0.39, 0.29) is 10.5 Å². The lowest BCUT2D eigenvalue weighted by Crippen LogP contribution is -2.13. The number of carbonyl (C=O) groups excluding carboxylic acids is 1. The van der Waals surface area contributed by atoms with Crippen LogP contribution < -0.4 is 5.32 Å². The molecule has 0 saturated heterocycles. The van der Waals surface area contributed by atoms with Gasteiger partial charge < -0.3 is 10.3 Å². The van der Waals surface area contributed by atoms with Crippen LogP contribution in [0.1, 0.15) is 10.4 Å². The fraction of sp³-hybridized carbons (Fsp3) is 0.0476. The van der Waals surface area contributed by atoms with Crippen LogP contribution in [0.25, 0.3) is 22.4 Å². The summed E-state index contributed by atoms with van der Waals surface area (Å²) in [6, 6.07) is 13.7. The maximum Gasteiger partial charge on any atom is 0.271 e. The number of non-ortho nitro benzene ring substituents is 1. The van der Waals surface area contributed by atoms with E-state index < -0.39 is 32.2 Å². The number of rotatable bonds is 5. The smallest absolute Gasteiger partial charge is 0.271 e. The molecule has 0 spiro atoms. The van der Waals surface area contributed by atoms with Crippen molar-refractivity contribution in [2.45, 2.75) is 4.90 Å². The Morgan fingerprint density at radius 3 is 2.59 bits per heavy atom. The third-order valence-corrected chi connectivity index (χ3v) is 5.72. The standard InChI is InChI=1S/C21H15FN4O5S/c1-32(30,31)17-9-13(8-16(11-17)26(28)29)21(27)23-15-5-6-18-19(10-15)25-20(24-18)12-3-2-4-14(22)7-12/h2-11H,1H3,(H,23,27)(H,24,25). The van der Waals surface area contributed by atoms with Gasteiger partial charge in [0.05, 0.1) is 20.9 Å². The molecule has 0 aliphatic heterocycles. The van der Waals surface area contributed by atoms with E-state index in [1.54, 1.807) is 30.3 Å². The zero-order valence-corrected chi connectivity index (χ0v) is 17.3. The molecule has 162 valence electrons. The van der Waals surface area contributed by atoms with Crippen molar-refractivity contribution in [1.82, 2.24) is 9.97 Å². The third kappa shape index (κ3) is 4.32. The van der Waals surface area contributed by atoms with Gasteiger partial charge in [0.15, 0.2) is 9.84 Å². The number of nitrogens with one attached hydrogen (secondary N) is 2. The van der Waals surface area contributed by atoms with Crippen LogP contribution in [0.2, 0.25) is 0 Å². The van der Waals surface area contributed by atoms with E-state index in [2.05, 4.69) is 15.3 Å². The van der Waals surface area contributed by atoms with Gasteiger partial charge in [-0.05, 0) is 36.4 Å². The van der Waals surface area contributed by atoms with Crippen molar-refractivity contribution in [3.63, 3.8) is 0 Å². The first-order chi connectivity index (χ1) is 15.1. The Balaban J connectivity index is 1.65. The number of benzene rings is 3. The van der Waals surface area contributed by atoms with Gasteiger partial charge in [0.2, 0.25) is 0 Å². The van der Waals surface area contributed by atoms with Crippen LogP contribution in [-0.4, -0.2) is 35.5 Å². The lowest BCUT2D eigenvalue weighted by atomic mass is 10.2. The normalized spacial score (nSPS) is 11.4. The summed E-state index contributed by atoms with van der Waals surface area (Å²) in [7, 11) is -3.77. The molecular weight excluding hydrogens is 439 g/mol. The maximum absolute atomic E-state index is 13.5. The molecule has 9 nitrogen and oxygen atoms in total. The minimum absolute atomic E-state index is 0.176. The molecule has 1 heterocycles. The number of carbonyl (C=O) groups is 1. The van der Waals surface area contributed by atoms with Crippen LogP contribution in [0.3, 0.4) is 0 Å². The SMILES string of the molecule is CS(=O)(=O)c1cc(C(=O)Nc2ccc3nc(-c4cccc(F)c4)[nH]c3c2)cc([N+](=O)[O-])c1. The van der Waals surface area contributed by atoms with Gasteiger partial charge in [-0.15, -0.1) is 0 Å². The molecule has 4 aromatic rings. The number of anilines is 1. The first kappa shape index (κ1) is 21.1. The van der Waals surface area contributed by atoms with Crippen LogP contribution in [0, 0.1) is 15.9 Å². The number of sulfone groups is 1. The van der Waals surface area contributed by atoms with Crippen molar-refractivity contribution < 1.29 is 22.5 Å². The molecule has 0 bridgehead atoms. The number of hydrogen-bond donors (Lipinski definition) is 2. The summed E-state index contributed by atoms with van der Waals surface area (Å²) in [4.78, 5) is 30.2. The van der Waals surface area contributed by atoms with Crippen molar-refractivity contribution in [2.75, 3.05) is 11.6 Å². The van der Waals surface area contributed by atoms with Crippen molar-refractivity contribution in [3.8, 4) is 11.4 Å². The summed E-state index contributed by atoms with van der Waals surface area (Å²) in [6.07, 6.45) is 0.899. The average molecular weight is 454 g/mol. The zero-order chi connectivity index (χ0) is 23.0. The first-order valence-electron chi connectivity index (χ1n) is 9.17. The van der Waals surface area contributed by atoms with E-state index in [0.717, 1.165) is 24.5 Å². The number of H-pyrrole nitrogens is 1. The van der Waals surface area contributed by atoms with E-state index in [1.165, 1.54) is 12.1 Å². The lowest BCUT2D eigenvalue weighted by Gasteiger charge is -2.07. The molecule has 11 heteroatoms. The molecule has 4 rings (SSSR count). The van der Waals surface area contributed by atoms with E-state index in [9.17, 15) is 27.7 Å². The Hall–Kier alpha value is -4.12. The van der Waals surface area contributed by atoms with Gasteiger partial charge in [-0.3, -0.25) is 14.9 Å². The molecule has 0 fully saturated rings. The van der Waals surface area contributed by atoms with E-state index in [0.29, 0.717) is 28.1 Å². The summed E-state index contributed by atoms with van der Waals surface area (Å²) < 4.78 is 37.2. The van der Waals surface area contributed by atoms with Crippen molar-refractivity contribution in [3.05, 3.63) is 82.2 Å². The number of hydrogen-bond acceptors (Lipinski definition) is 6. The Kier molecular flexibility index (Phi) is 5.18. The predicted octanol–water partition coefficient (Wildman–Crippen LogP) is 3.93. The zero-order valence-electron chi connectivity index (χ0n) is 16.5. The molecule has 0 aliphatic carbocycles. The highest BCUT2D eigenvalue weighted by molar-refractivity contribution is 7.90. The number of amides is 1. The highest BCUT2D eigenvalue weighted by Crippen LogP contribution is 2.25. The number of aromatic amines is 1. The fourth-order valence-corrected chi connectivity index (χ4v) is 3.77. The van der Waals surface area contributed by atoms with Gasteiger partial charge in [0.25, 0.3) is 11.6 Å². The number of imidazole rings is 1. The third-order valence-electron chi connectivity index (χ3n) is 4.63. The van der Waals surface area contributed by atoms with Gasteiger partial charge in [-0.2, -0.15) is 0 Å². The molecule has 3 aromatic carbocycles. The summed E-state index contributed by atoms with van der Waals surface area (Å²) in [5, 5.41) is 13.7. The van der Waals surface area contributed by atoms with Crippen LogP contribution >= 0.6 is 0 Å². The number of halogens is 1. The van der Waals surface area contributed by atoms with Gasteiger partial charge >= 0.3 is 0 Å². The average Bonchev–Trinajstić information content (AvgIpc) is 3.16. The molecule has 0 radical (unpaired) electrons. The maximum atomic E-state index is 13.5. The predicted molar refractivity (Wildman–Crippen MR) is 116 cm³/mol. The lowest BCUT2D eigenvalue weighted by molar-refractivity contribution is -0.385. The Morgan fingerprint density at radius 2 is 1.91 bits per heavy atom. The van der Waals surface area contributed by atoms with Gasteiger partial charge in [-0.1, -0.05) is 12.1 Å². The van der Waals surface area contributed by atoms with Crippen LogP contribution in [-0.2, 0) is 9.84 Å². The second-order valence-electron chi connectivity index (χ2n) is 7.03. The van der Waals surface area contributed by atoms with Crippen LogP contribution in [0.4, 0.5) is 15.8 Å². The molecule has 1 aromatic heterocycles. The van der Waals surface area contributed by atoms with Crippen LogP contribution in [0.5, 0.6) is 0 Å². The summed E-state index contributed by atoms with van der Waals surface area (Å²) >= 11 is 0. The fourth-order valence-electron chi connectivity index (χ4n) is 3.10. The number of nitro groups is 1. The Labute approximate surface area is 181 Å². The number of nitrogens with zero attached hydrogens (tertiary/aromatic N) is 2. The molecule has 0 unspecified atom stereocenters. The van der Waals surface area contributed by atoms with E-state index >= 15 is 0 Å². The molecular formula is C21H15FN4O5S. The quantitative estimate of drug-likeness (QED) is 0.346. The minimum Gasteiger partial charge on any atom is -0.338 e. The molecule has 0 aliphatic rings. The minimum atomic E-state index is -3.77. The second kappa shape index (κ2) is 7.85. The van der Waals surface area contributed by atoms with Crippen molar-refractivity contribution in [1.29, 1.82) is 0 Å². The first-order valence-corrected chi connectivity index (χ1v) is 11.1. The highest BCUT2D eigenvalue weighted by atomic mass is 32.2.